The largest absolute Gasteiger partial charge is 0.480 e. The zero-order valence-electron chi connectivity index (χ0n) is 12.4. The van der Waals surface area contributed by atoms with E-state index in [9.17, 15) is 9.59 Å². The van der Waals surface area contributed by atoms with Crippen LogP contribution in [0, 0.1) is 0 Å². The second-order valence-corrected chi connectivity index (χ2v) is 6.24. The van der Waals surface area contributed by atoms with Crippen LogP contribution >= 0.6 is 11.5 Å². The Hall–Kier alpha value is -1.54. The minimum atomic E-state index is -0.830. The first kappa shape index (κ1) is 15.8. The predicted octanol–water partition coefficient (Wildman–Crippen LogP) is 0.892. The van der Waals surface area contributed by atoms with E-state index >= 15 is 0 Å². The first-order chi connectivity index (χ1) is 9.91. The smallest absolute Gasteiger partial charge is 0.320 e. The highest BCUT2D eigenvalue weighted by Crippen LogP contribution is 2.22. The lowest BCUT2D eigenvalue weighted by molar-refractivity contribution is -0.143. The van der Waals surface area contributed by atoms with Gasteiger partial charge in [-0.1, -0.05) is 18.3 Å². The van der Waals surface area contributed by atoms with Crippen LogP contribution in [0.3, 0.4) is 0 Å². The maximum atomic E-state index is 12.5. The molecule has 2 rings (SSSR count). The summed E-state index contributed by atoms with van der Waals surface area (Å²) >= 11 is 1.13. The molecule has 7 nitrogen and oxygen atoms in total. The minimum absolute atomic E-state index is 0.0451. The molecule has 1 aromatic heterocycles. The van der Waals surface area contributed by atoms with E-state index in [1.165, 1.54) is 0 Å². The predicted molar refractivity (Wildman–Crippen MR) is 78.6 cm³/mol. The van der Waals surface area contributed by atoms with Gasteiger partial charge in [0.2, 0.25) is 0 Å². The molecule has 8 heteroatoms. The van der Waals surface area contributed by atoms with Crippen LogP contribution in [0.2, 0.25) is 0 Å². The summed E-state index contributed by atoms with van der Waals surface area (Å²) in [4.78, 5) is 27.7. The van der Waals surface area contributed by atoms with Crippen LogP contribution in [0.1, 0.15) is 42.1 Å². The lowest BCUT2D eigenvalue weighted by Crippen LogP contribution is -2.53. The first-order valence-electron chi connectivity index (χ1n) is 7.00. The fourth-order valence-electron chi connectivity index (χ4n) is 2.34. The summed E-state index contributed by atoms with van der Waals surface area (Å²) in [5.74, 6) is -0.712. The average molecular weight is 312 g/mol. The molecule has 1 saturated heterocycles. The third kappa shape index (κ3) is 3.38. The molecule has 1 unspecified atom stereocenters. The number of piperazine rings is 1. The van der Waals surface area contributed by atoms with Gasteiger partial charge in [-0.25, -0.2) is 0 Å². The van der Waals surface area contributed by atoms with E-state index in [4.69, 9.17) is 5.11 Å². The van der Waals surface area contributed by atoms with E-state index in [1.807, 2.05) is 18.7 Å². The van der Waals surface area contributed by atoms with Gasteiger partial charge in [-0.15, -0.1) is 5.10 Å². The number of carbonyl (C=O) groups is 2. The molecule has 0 bridgehead atoms. The van der Waals surface area contributed by atoms with Crippen molar-refractivity contribution in [1.29, 1.82) is 0 Å². The van der Waals surface area contributed by atoms with Crippen molar-refractivity contribution in [2.75, 3.05) is 26.2 Å². The van der Waals surface area contributed by atoms with Crippen LogP contribution in [-0.2, 0) is 4.79 Å². The number of aromatic nitrogens is 2. The fourth-order valence-corrected chi connectivity index (χ4v) is 3.12. The second-order valence-electron chi connectivity index (χ2n) is 5.48. The topological polar surface area (TPSA) is 86.6 Å². The van der Waals surface area contributed by atoms with Crippen LogP contribution in [0.4, 0.5) is 0 Å². The van der Waals surface area contributed by atoms with Gasteiger partial charge in [-0.2, -0.15) is 0 Å². The number of rotatable bonds is 4. The van der Waals surface area contributed by atoms with E-state index in [1.54, 1.807) is 11.8 Å². The summed E-state index contributed by atoms with van der Waals surface area (Å²) in [5.41, 5.74) is 0.742. The summed E-state index contributed by atoms with van der Waals surface area (Å²) in [6.07, 6.45) is 0. The third-order valence-corrected chi connectivity index (χ3v) is 4.49. The fraction of sp³-hybridized carbons (Fsp3) is 0.692. The quantitative estimate of drug-likeness (QED) is 0.888. The van der Waals surface area contributed by atoms with Crippen molar-refractivity contribution in [3.05, 3.63) is 10.6 Å². The average Bonchev–Trinajstić information content (AvgIpc) is 2.95. The lowest BCUT2D eigenvalue weighted by atomic mass is 10.1. The lowest BCUT2D eigenvalue weighted by Gasteiger charge is -2.36. The van der Waals surface area contributed by atoms with Gasteiger partial charge in [0.1, 0.15) is 10.9 Å². The van der Waals surface area contributed by atoms with E-state index in [-0.39, 0.29) is 11.8 Å². The number of hydrogen-bond donors (Lipinski definition) is 1. The summed E-state index contributed by atoms with van der Waals surface area (Å²) in [6, 6.07) is -0.515. The maximum Gasteiger partial charge on any atom is 0.320 e. The molecule has 0 aliphatic carbocycles. The zero-order valence-corrected chi connectivity index (χ0v) is 13.3. The van der Waals surface area contributed by atoms with Crippen LogP contribution in [-0.4, -0.2) is 68.6 Å². The minimum Gasteiger partial charge on any atom is -0.480 e. The molecule has 1 aliphatic rings. The number of hydrogen-bond acceptors (Lipinski definition) is 6. The SMILES string of the molecule is CC(C)c1nnsc1C(=O)N1CCN(C(C)C(=O)O)CC1. The molecule has 1 aromatic rings. The molecule has 1 N–H and O–H groups in total. The number of nitrogens with zero attached hydrogens (tertiary/aromatic N) is 4. The van der Waals surface area contributed by atoms with Crippen LogP contribution in [0.15, 0.2) is 0 Å². The van der Waals surface area contributed by atoms with Crippen LogP contribution < -0.4 is 0 Å². The standard InChI is InChI=1S/C13H20N4O3S/c1-8(2)10-11(21-15-14-10)12(18)17-6-4-16(5-7-17)9(3)13(19)20/h8-9H,4-7H2,1-3H3,(H,19,20). The van der Waals surface area contributed by atoms with Gasteiger partial charge in [-0.05, 0) is 24.4 Å². The molecule has 0 aromatic carbocycles. The van der Waals surface area contributed by atoms with E-state index in [2.05, 4.69) is 9.59 Å². The monoisotopic (exact) mass is 312 g/mol. The maximum absolute atomic E-state index is 12.5. The van der Waals surface area contributed by atoms with Crippen molar-refractivity contribution in [2.24, 2.45) is 0 Å². The number of carbonyl (C=O) groups excluding carboxylic acids is 1. The van der Waals surface area contributed by atoms with Gasteiger partial charge in [0.25, 0.3) is 5.91 Å². The molecule has 1 amide bonds. The number of amides is 1. The molecular formula is C13H20N4O3S. The summed E-state index contributed by atoms with van der Waals surface area (Å²) in [6.45, 7) is 7.85. The summed E-state index contributed by atoms with van der Waals surface area (Å²) in [5, 5.41) is 13.1. The van der Waals surface area contributed by atoms with E-state index in [0.29, 0.717) is 31.1 Å². The van der Waals surface area contributed by atoms with Crippen molar-refractivity contribution in [1.82, 2.24) is 19.4 Å². The van der Waals surface area contributed by atoms with Gasteiger partial charge < -0.3 is 10.0 Å². The highest BCUT2D eigenvalue weighted by molar-refractivity contribution is 7.08. The van der Waals surface area contributed by atoms with Crippen molar-refractivity contribution >= 4 is 23.4 Å². The van der Waals surface area contributed by atoms with Gasteiger partial charge in [0, 0.05) is 26.2 Å². The Morgan fingerprint density at radius 2 is 1.81 bits per heavy atom. The van der Waals surface area contributed by atoms with Gasteiger partial charge in [-0.3, -0.25) is 14.5 Å². The number of aliphatic carboxylic acids is 1. The Balaban J connectivity index is 2.00. The van der Waals surface area contributed by atoms with Crippen LogP contribution in [0.5, 0.6) is 0 Å². The molecule has 1 aliphatic heterocycles. The molecule has 21 heavy (non-hydrogen) atoms. The Kier molecular flexibility index (Phi) is 4.89. The molecule has 2 heterocycles. The van der Waals surface area contributed by atoms with Crippen molar-refractivity contribution < 1.29 is 14.7 Å². The van der Waals surface area contributed by atoms with E-state index < -0.39 is 12.0 Å². The Bertz CT molecular complexity index is 523. The van der Waals surface area contributed by atoms with Crippen molar-refractivity contribution in [2.45, 2.75) is 32.7 Å². The molecular weight excluding hydrogens is 292 g/mol. The van der Waals surface area contributed by atoms with Gasteiger partial charge in [0.05, 0.1) is 5.69 Å². The van der Waals surface area contributed by atoms with Gasteiger partial charge >= 0.3 is 5.97 Å². The first-order valence-corrected chi connectivity index (χ1v) is 7.77. The van der Waals surface area contributed by atoms with E-state index in [0.717, 1.165) is 17.2 Å². The summed E-state index contributed by atoms with van der Waals surface area (Å²) < 4.78 is 3.88. The van der Waals surface area contributed by atoms with Crippen molar-refractivity contribution in [3.8, 4) is 0 Å². The summed E-state index contributed by atoms with van der Waals surface area (Å²) in [7, 11) is 0. The zero-order chi connectivity index (χ0) is 15.6. The highest BCUT2D eigenvalue weighted by Gasteiger charge is 2.30. The number of carboxylic acids is 1. The molecule has 116 valence electrons. The highest BCUT2D eigenvalue weighted by atomic mass is 32.1. The third-order valence-electron chi connectivity index (χ3n) is 3.76. The second kappa shape index (κ2) is 6.48. The Labute approximate surface area is 127 Å². The molecule has 1 atom stereocenters. The molecule has 0 radical (unpaired) electrons. The van der Waals surface area contributed by atoms with Crippen LogP contribution in [0.25, 0.3) is 0 Å². The van der Waals surface area contributed by atoms with Crippen molar-refractivity contribution in [3.63, 3.8) is 0 Å². The van der Waals surface area contributed by atoms with Gasteiger partial charge in [0.15, 0.2) is 0 Å². The normalized spacial score (nSPS) is 18.0. The Morgan fingerprint density at radius 3 is 2.33 bits per heavy atom. The molecule has 1 fully saturated rings. The number of carboxylic acid groups (broad SMARTS) is 1. The Morgan fingerprint density at radius 1 is 1.19 bits per heavy atom. The molecule has 0 spiro atoms. The molecule has 0 saturated carbocycles.